The molecule has 102 valence electrons. The van der Waals surface area contributed by atoms with Gasteiger partial charge in [0.15, 0.2) is 0 Å². The van der Waals surface area contributed by atoms with E-state index < -0.39 is 0 Å². The summed E-state index contributed by atoms with van der Waals surface area (Å²) in [4.78, 5) is 0. The van der Waals surface area contributed by atoms with Gasteiger partial charge in [-0.15, -0.1) is 0 Å². The van der Waals surface area contributed by atoms with Gasteiger partial charge in [-0.05, 0) is 37.6 Å². The Morgan fingerprint density at radius 2 is 1.80 bits per heavy atom. The summed E-state index contributed by atoms with van der Waals surface area (Å²) >= 11 is 0. The second-order valence-corrected chi connectivity index (χ2v) is 5.20. The highest BCUT2D eigenvalue weighted by Crippen LogP contribution is 2.28. The lowest BCUT2D eigenvalue weighted by molar-refractivity contribution is 0.477. The lowest BCUT2D eigenvalue weighted by Gasteiger charge is -2.14. The maximum atomic E-state index is 5.93. The normalized spacial score (nSPS) is 12.8. The second-order valence-electron chi connectivity index (χ2n) is 5.20. The van der Waals surface area contributed by atoms with Crippen LogP contribution in [-0.2, 0) is 0 Å². The Bertz CT molecular complexity index is 746. The molecule has 0 aliphatic carbocycles. The zero-order valence-electron chi connectivity index (χ0n) is 11.7. The summed E-state index contributed by atoms with van der Waals surface area (Å²) in [6, 6.07) is 16.3. The molecule has 1 heterocycles. The molecule has 2 aromatic carbocycles. The summed E-state index contributed by atoms with van der Waals surface area (Å²) < 4.78 is 5.93. The molecule has 0 saturated carbocycles. The molecular formula is C17H18N2O. The number of hydrogen-bond acceptors (Lipinski definition) is 3. The SMILES string of the molecule is Cc1cccc(C(NN)c2cc3cc(C)ccc3o2)c1. The molecule has 3 N–H and O–H groups in total. The van der Waals surface area contributed by atoms with Crippen LogP contribution in [0.4, 0.5) is 0 Å². The Hall–Kier alpha value is -2.10. The number of hydrogen-bond donors (Lipinski definition) is 2. The van der Waals surface area contributed by atoms with E-state index in [-0.39, 0.29) is 6.04 Å². The molecular weight excluding hydrogens is 248 g/mol. The summed E-state index contributed by atoms with van der Waals surface area (Å²) in [6.45, 7) is 4.14. The molecule has 20 heavy (non-hydrogen) atoms. The molecule has 3 rings (SSSR count). The first-order valence-electron chi connectivity index (χ1n) is 6.70. The Kier molecular flexibility index (Phi) is 3.30. The van der Waals surface area contributed by atoms with Crippen LogP contribution in [0.2, 0.25) is 0 Å². The Balaban J connectivity index is 2.07. The minimum atomic E-state index is -0.136. The lowest BCUT2D eigenvalue weighted by Crippen LogP contribution is -2.28. The fourth-order valence-electron chi connectivity index (χ4n) is 2.52. The van der Waals surface area contributed by atoms with Crippen molar-refractivity contribution in [2.45, 2.75) is 19.9 Å². The predicted molar refractivity (Wildman–Crippen MR) is 81.3 cm³/mol. The molecule has 0 fully saturated rings. The van der Waals surface area contributed by atoms with Crippen molar-refractivity contribution in [3.63, 3.8) is 0 Å². The summed E-state index contributed by atoms with van der Waals surface area (Å²) in [5.74, 6) is 6.56. The van der Waals surface area contributed by atoms with Crippen LogP contribution in [0.25, 0.3) is 11.0 Å². The van der Waals surface area contributed by atoms with E-state index in [0.717, 1.165) is 22.3 Å². The quantitative estimate of drug-likeness (QED) is 0.562. The van der Waals surface area contributed by atoms with E-state index in [4.69, 9.17) is 10.3 Å². The fraction of sp³-hybridized carbons (Fsp3) is 0.176. The first-order chi connectivity index (χ1) is 9.67. The largest absolute Gasteiger partial charge is 0.459 e. The number of rotatable bonds is 3. The van der Waals surface area contributed by atoms with E-state index in [9.17, 15) is 0 Å². The third kappa shape index (κ3) is 2.33. The standard InChI is InChI=1S/C17H18N2O/c1-11-4-3-5-13(8-11)17(19-18)16-10-14-9-12(2)6-7-15(14)20-16/h3-10,17,19H,18H2,1-2H3. The van der Waals surface area contributed by atoms with Crippen LogP contribution in [0, 0.1) is 13.8 Å². The highest BCUT2D eigenvalue weighted by molar-refractivity contribution is 5.78. The number of furan rings is 1. The van der Waals surface area contributed by atoms with Gasteiger partial charge in [0.1, 0.15) is 17.4 Å². The highest BCUT2D eigenvalue weighted by atomic mass is 16.3. The fourth-order valence-corrected chi connectivity index (χ4v) is 2.52. The number of fused-ring (bicyclic) bond motifs is 1. The smallest absolute Gasteiger partial charge is 0.134 e. The minimum absolute atomic E-state index is 0.136. The summed E-state index contributed by atoms with van der Waals surface area (Å²) in [6.07, 6.45) is 0. The van der Waals surface area contributed by atoms with Crippen molar-refractivity contribution in [3.05, 3.63) is 71.0 Å². The van der Waals surface area contributed by atoms with Crippen LogP contribution in [0.3, 0.4) is 0 Å². The average Bonchev–Trinajstić information content (AvgIpc) is 2.82. The molecule has 0 aliphatic rings. The Morgan fingerprint density at radius 1 is 1.00 bits per heavy atom. The van der Waals surface area contributed by atoms with Gasteiger partial charge >= 0.3 is 0 Å². The van der Waals surface area contributed by atoms with Gasteiger partial charge < -0.3 is 4.42 Å². The highest BCUT2D eigenvalue weighted by Gasteiger charge is 2.17. The van der Waals surface area contributed by atoms with E-state index in [1.54, 1.807) is 0 Å². The Labute approximate surface area is 118 Å². The van der Waals surface area contributed by atoms with Crippen LogP contribution in [0.1, 0.15) is 28.5 Å². The maximum absolute atomic E-state index is 5.93. The van der Waals surface area contributed by atoms with Gasteiger partial charge in [-0.25, -0.2) is 5.43 Å². The second kappa shape index (κ2) is 5.12. The van der Waals surface area contributed by atoms with Crippen LogP contribution >= 0.6 is 0 Å². The monoisotopic (exact) mass is 266 g/mol. The van der Waals surface area contributed by atoms with Crippen molar-refractivity contribution < 1.29 is 4.42 Å². The van der Waals surface area contributed by atoms with Crippen molar-refractivity contribution in [3.8, 4) is 0 Å². The Morgan fingerprint density at radius 3 is 2.55 bits per heavy atom. The third-order valence-corrected chi connectivity index (χ3v) is 3.52. The van der Waals surface area contributed by atoms with E-state index in [1.165, 1.54) is 11.1 Å². The third-order valence-electron chi connectivity index (χ3n) is 3.52. The van der Waals surface area contributed by atoms with Gasteiger partial charge in [-0.2, -0.15) is 0 Å². The number of benzene rings is 2. The van der Waals surface area contributed by atoms with Crippen molar-refractivity contribution in [1.29, 1.82) is 0 Å². The van der Waals surface area contributed by atoms with Crippen molar-refractivity contribution in [1.82, 2.24) is 5.43 Å². The topological polar surface area (TPSA) is 51.2 Å². The number of aryl methyl sites for hydroxylation is 2. The van der Waals surface area contributed by atoms with E-state index in [2.05, 4.69) is 49.6 Å². The van der Waals surface area contributed by atoms with E-state index in [1.807, 2.05) is 18.2 Å². The van der Waals surface area contributed by atoms with Gasteiger partial charge in [0.25, 0.3) is 0 Å². The summed E-state index contributed by atoms with van der Waals surface area (Å²) in [5.41, 5.74) is 7.25. The molecule has 1 atom stereocenters. The summed E-state index contributed by atoms with van der Waals surface area (Å²) in [5, 5.41) is 1.10. The molecule has 1 unspecified atom stereocenters. The van der Waals surface area contributed by atoms with E-state index in [0.29, 0.717) is 0 Å². The molecule has 0 bridgehead atoms. The van der Waals surface area contributed by atoms with Gasteiger partial charge in [-0.1, -0.05) is 41.5 Å². The molecule has 3 aromatic rings. The molecule has 0 amide bonds. The van der Waals surface area contributed by atoms with Crippen LogP contribution in [0.15, 0.2) is 52.9 Å². The lowest BCUT2D eigenvalue weighted by atomic mass is 10.0. The zero-order chi connectivity index (χ0) is 14.1. The molecule has 1 aromatic heterocycles. The van der Waals surface area contributed by atoms with Gasteiger partial charge in [-0.3, -0.25) is 5.84 Å². The van der Waals surface area contributed by atoms with Gasteiger partial charge in [0.2, 0.25) is 0 Å². The number of nitrogens with one attached hydrogen (secondary N) is 1. The molecule has 3 nitrogen and oxygen atoms in total. The van der Waals surface area contributed by atoms with Crippen molar-refractivity contribution >= 4 is 11.0 Å². The molecule has 0 radical (unpaired) electrons. The summed E-state index contributed by atoms with van der Waals surface area (Å²) in [7, 11) is 0. The van der Waals surface area contributed by atoms with Gasteiger partial charge in [0.05, 0.1) is 0 Å². The zero-order valence-corrected chi connectivity index (χ0v) is 11.7. The predicted octanol–water partition coefficient (Wildman–Crippen LogP) is 3.60. The maximum Gasteiger partial charge on any atom is 0.134 e. The first kappa shape index (κ1) is 12.9. The number of nitrogens with two attached hydrogens (primary N) is 1. The molecule has 0 saturated heterocycles. The first-order valence-corrected chi connectivity index (χ1v) is 6.70. The molecule has 3 heteroatoms. The van der Waals surface area contributed by atoms with Crippen molar-refractivity contribution in [2.24, 2.45) is 5.84 Å². The van der Waals surface area contributed by atoms with E-state index >= 15 is 0 Å². The number of hydrazine groups is 1. The van der Waals surface area contributed by atoms with Crippen LogP contribution in [-0.4, -0.2) is 0 Å². The molecule has 0 spiro atoms. The van der Waals surface area contributed by atoms with Crippen LogP contribution in [0.5, 0.6) is 0 Å². The van der Waals surface area contributed by atoms with Crippen LogP contribution < -0.4 is 11.3 Å². The minimum Gasteiger partial charge on any atom is -0.459 e. The van der Waals surface area contributed by atoms with Gasteiger partial charge in [0, 0.05) is 5.39 Å². The molecule has 0 aliphatic heterocycles. The average molecular weight is 266 g/mol. The van der Waals surface area contributed by atoms with Crippen molar-refractivity contribution in [2.75, 3.05) is 0 Å².